The third kappa shape index (κ3) is 4.28. The molecule has 1 unspecified atom stereocenters. The van der Waals surface area contributed by atoms with Crippen molar-refractivity contribution in [1.29, 1.82) is 0 Å². The van der Waals surface area contributed by atoms with E-state index in [-0.39, 0.29) is 6.61 Å². The summed E-state index contributed by atoms with van der Waals surface area (Å²) in [4.78, 5) is 18.6. The van der Waals surface area contributed by atoms with Crippen LogP contribution in [-0.4, -0.2) is 71.2 Å². The molecule has 1 saturated heterocycles. The normalized spacial score (nSPS) is 27.4. The molecule has 11 heteroatoms. The van der Waals surface area contributed by atoms with E-state index in [2.05, 4.69) is 15.6 Å². The largest absolute Gasteiger partial charge is 0.396 e. The number of rotatable bonds is 6. The number of aliphatic hydroxyl groups excluding tert-OH is 2. The Morgan fingerprint density at radius 2 is 2.03 bits per heavy atom. The second-order valence-electron chi connectivity index (χ2n) is 8.80. The van der Waals surface area contributed by atoms with E-state index in [4.69, 9.17) is 15.0 Å². The van der Waals surface area contributed by atoms with Gasteiger partial charge in [-0.05, 0) is 44.9 Å². The first-order valence-electron chi connectivity index (χ1n) is 11.1. The fourth-order valence-electron chi connectivity index (χ4n) is 4.54. The maximum absolute atomic E-state index is 11.3. The van der Waals surface area contributed by atoms with E-state index in [1.807, 2.05) is 31.7 Å². The molecular formula is C22H28N6O3S2. The quantitative estimate of drug-likeness (QED) is 0.329. The van der Waals surface area contributed by atoms with Crippen LogP contribution >= 0.6 is 23.1 Å². The lowest BCUT2D eigenvalue weighted by Gasteiger charge is -2.31. The van der Waals surface area contributed by atoms with E-state index in [1.165, 1.54) is 11.3 Å². The highest BCUT2D eigenvalue weighted by atomic mass is 32.2. The number of pyridine rings is 1. The molecule has 0 amide bonds. The van der Waals surface area contributed by atoms with Crippen LogP contribution < -0.4 is 10.6 Å². The number of nitrogens with one attached hydrogen (secondary N) is 2. The Labute approximate surface area is 200 Å². The zero-order valence-electron chi connectivity index (χ0n) is 18.6. The van der Waals surface area contributed by atoms with Crippen molar-refractivity contribution in [3.63, 3.8) is 0 Å². The molecule has 2 fully saturated rings. The summed E-state index contributed by atoms with van der Waals surface area (Å²) in [7, 11) is 0. The van der Waals surface area contributed by atoms with Gasteiger partial charge in [0.05, 0.1) is 21.7 Å². The number of hydrogen-bond acceptors (Lipinski definition) is 11. The number of anilines is 2. The van der Waals surface area contributed by atoms with Crippen LogP contribution in [0.25, 0.3) is 20.8 Å². The van der Waals surface area contributed by atoms with Gasteiger partial charge in [0.15, 0.2) is 5.72 Å². The molecule has 176 valence electrons. The van der Waals surface area contributed by atoms with Gasteiger partial charge in [-0.2, -0.15) is 16.7 Å². The second kappa shape index (κ2) is 8.95. The van der Waals surface area contributed by atoms with E-state index in [1.54, 1.807) is 6.20 Å². The van der Waals surface area contributed by atoms with Gasteiger partial charge in [0.2, 0.25) is 5.95 Å². The van der Waals surface area contributed by atoms with Crippen LogP contribution in [0.4, 0.5) is 11.8 Å². The topological polar surface area (TPSA) is 136 Å². The van der Waals surface area contributed by atoms with Gasteiger partial charge in [0.25, 0.3) is 0 Å². The number of thiazole rings is 1. The molecule has 0 radical (unpaired) electrons. The summed E-state index contributed by atoms with van der Waals surface area (Å²) in [5.41, 5.74) is 1.48. The standard InChI is InChI=1S/C22H28N6O3S2/c1-11-16(20-26-17-12(2)23-7-4-15(17)33-20)19(27-21(24-11)25-14-5-8-32-10-14)28-22(31)6-3-13(9-29)18(22)30/h4,7,13-14,18,29-31H,3,5-6,8-10H2,1-2H3,(H2,24,25,27,28)/t13-,14?,18-,22-/m1/s1. The Morgan fingerprint density at radius 1 is 1.18 bits per heavy atom. The van der Waals surface area contributed by atoms with Crippen molar-refractivity contribution in [3.05, 3.63) is 23.7 Å². The summed E-state index contributed by atoms with van der Waals surface area (Å²) >= 11 is 3.41. The van der Waals surface area contributed by atoms with Crippen molar-refractivity contribution in [1.82, 2.24) is 19.9 Å². The fraction of sp³-hybridized carbons (Fsp3) is 0.545. The van der Waals surface area contributed by atoms with Gasteiger partial charge in [-0.15, -0.1) is 11.3 Å². The molecule has 0 aromatic carbocycles. The molecule has 1 aliphatic heterocycles. The third-order valence-corrected chi connectivity index (χ3v) is 8.66. The molecule has 3 aromatic heterocycles. The lowest BCUT2D eigenvalue weighted by molar-refractivity contribution is -0.0545. The van der Waals surface area contributed by atoms with Crippen molar-refractivity contribution >= 4 is 45.1 Å². The average Bonchev–Trinajstić information content (AvgIpc) is 3.49. The molecule has 3 aromatic rings. The first-order chi connectivity index (χ1) is 15.9. The van der Waals surface area contributed by atoms with Crippen molar-refractivity contribution in [3.8, 4) is 10.6 Å². The summed E-state index contributed by atoms with van der Waals surface area (Å²) in [6.07, 6.45) is 2.50. The summed E-state index contributed by atoms with van der Waals surface area (Å²) in [5, 5.41) is 38.8. The second-order valence-corrected chi connectivity index (χ2v) is 11.0. The number of thioether (sulfide) groups is 1. The van der Waals surface area contributed by atoms with Crippen LogP contribution in [0.15, 0.2) is 12.3 Å². The van der Waals surface area contributed by atoms with Crippen LogP contribution in [0.1, 0.15) is 30.7 Å². The SMILES string of the molecule is Cc1nc(NC2CCSC2)nc(N[C@@]2(O)CC[C@H](CO)[C@H]2O)c1-c1nc2c(C)nccc2s1. The highest BCUT2D eigenvalue weighted by Gasteiger charge is 2.47. The minimum Gasteiger partial charge on any atom is -0.396 e. The van der Waals surface area contributed by atoms with Gasteiger partial charge < -0.3 is 26.0 Å². The molecule has 1 aliphatic carbocycles. The van der Waals surface area contributed by atoms with Gasteiger partial charge in [0, 0.05) is 30.5 Å². The lowest BCUT2D eigenvalue weighted by Crippen LogP contribution is -2.48. The Morgan fingerprint density at radius 3 is 2.73 bits per heavy atom. The third-order valence-electron chi connectivity index (χ3n) is 6.46. The van der Waals surface area contributed by atoms with E-state index >= 15 is 0 Å². The molecular weight excluding hydrogens is 460 g/mol. The van der Waals surface area contributed by atoms with Crippen LogP contribution in [0.2, 0.25) is 0 Å². The van der Waals surface area contributed by atoms with Gasteiger partial charge in [0.1, 0.15) is 22.4 Å². The smallest absolute Gasteiger partial charge is 0.225 e. The monoisotopic (exact) mass is 488 g/mol. The lowest BCUT2D eigenvalue weighted by atomic mass is 10.0. The summed E-state index contributed by atoms with van der Waals surface area (Å²) < 4.78 is 1.01. The van der Waals surface area contributed by atoms with Crippen molar-refractivity contribution in [2.45, 2.75) is 51.0 Å². The van der Waals surface area contributed by atoms with Crippen LogP contribution in [0.3, 0.4) is 0 Å². The van der Waals surface area contributed by atoms with E-state index in [0.29, 0.717) is 36.2 Å². The molecule has 4 heterocycles. The molecule has 33 heavy (non-hydrogen) atoms. The van der Waals surface area contributed by atoms with Crippen LogP contribution in [0, 0.1) is 19.8 Å². The molecule has 0 bridgehead atoms. The summed E-state index contributed by atoms with van der Waals surface area (Å²) in [5.74, 6) is 2.62. The van der Waals surface area contributed by atoms with Gasteiger partial charge in [-0.25, -0.2) is 9.97 Å². The Bertz CT molecular complexity index is 1170. The average molecular weight is 489 g/mol. The zero-order valence-corrected chi connectivity index (χ0v) is 20.2. The van der Waals surface area contributed by atoms with Crippen LogP contribution in [-0.2, 0) is 0 Å². The number of aliphatic hydroxyl groups is 3. The molecule has 1 saturated carbocycles. The van der Waals surface area contributed by atoms with Crippen molar-refractivity contribution < 1.29 is 15.3 Å². The van der Waals surface area contributed by atoms with Crippen LogP contribution in [0.5, 0.6) is 0 Å². The van der Waals surface area contributed by atoms with Gasteiger partial charge in [-0.3, -0.25) is 4.98 Å². The molecule has 4 atom stereocenters. The Kier molecular flexibility index (Phi) is 6.17. The molecule has 5 N–H and O–H groups in total. The van der Waals surface area contributed by atoms with Crippen molar-refractivity contribution in [2.24, 2.45) is 5.92 Å². The van der Waals surface area contributed by atoms with E-state index in [0.717, 1.165) is 44.5 Å². The highest BCUT2D eigenvalue weighted by molar-refractivity contribution is 7.99. The molecule has 0 spiro atoms. The fourth-order valence-corrected chi connectivity index (χ4v) is 6.80. The summed E-state index contributed by atoms with van der Waals surface area (Å²) in [6.45, 7) is 3.64. The van der Waals surface area contributed by atoms with Crippen molar-refractivity contribution in [2.75, 3.05) is 28.7 Å². The van der Waals surface area contributed by atoms with E-state index in [9.17, 15) is 15.3 Å². The number of nitrogens with zero attached hydrogens (tertiary/aromatic N) is 4. The number of aromatic nitrogens is 4. The number of fused-ring (bicyclic) bond motifs is 1. The number of hydrogen-bond donors (Lipinski definition) is 5. The van der Waals surface area contributed by atoms with Gasteiger partial charge >= 0.3 is 0 Å². The molecule has 5 rings (SSSR count). The number of aryl methyl sites for hydroxylation is 2. The Balaban J connectivity index is 1.58. The maximum Gasteiger partial charge on any atom is 0.225 e. The molecule has 2 aliphatic rings. The predicted molar refractivity (Wildman–Crippen MR) is 132 cm³/mol. The summed E-state index contributed by atoms with van der Waals surface area (Å²) in [6, 6.07) is 2.23. The van der Waals surface area contributed by atoms with E-state index < -0.39 is 17.7 Å². The molecule has 9 nitrogen and oxygen atoms in total. The zero-order chi connectivity index (χ0) is 23.2. The highest BCUT2D eigenvalue weighted by Crippen LogP contribution is 2.41. The first kappa shape index (κ1) is 22.7. The minimum absolute atomic E-state index is 0.183. The first-order valence-corrected chi connectivity index (χ1v) is 13.1. The minimum atomic E-state index is -1.60. The predicted octanol–water partition coefficient (Wildman–Crippen LogP) is 2.55. The Hall–Kier alpha value is -2.05. The van der Waals surface area contributed by atoms with Gasteiger partial charge in [-0.1, -0.05) is 0 Å². The maximum atomic E-state index is 11.3.